The van der Waals surface area contributed by atoms with Crippen molar-refractivity contribution in [3.63, 3.8) is 0 Å². The van der Waals surface area contributed by atoms with E-state index in [1.165, 1.54) is 0 Å². The minimum atomic E-state index is -0.312. The van der Waals surface area contributed by atoms with E-state index in [-0.39, 0.29) is 11.7 Å². The molecule has 0 radical (unpaired) electrons. The van der Waals surface area contributed by atoms with E-state index in [0.29, 0.717) is 0 Å². The van der Waals surface area contributed by atoms with Crippen molar-refractivity contribution in [3.05, 3.63) is 0 Å². The lowest BCUT2D eigenvalue weighted by atomic mass is 9.85. The van der Waals surface area contributed by atoms with Gasteiger partial charge in [0.25, 0.3) is 6.26 Å². The second-order valence-electron chi connectivity index (χ2n) is 3.37. The van der Waals surface area contributed by atoms with Gasteiger partial charge in [0.05, 0.1) is 6.10 Å². The second kappa shape index (κ2) is 3.10. The fourth-order valence-electron chi connectivity index (χ4n) is 1.43. The Morgan fingerprint density at radius 1 is 1.55 bits per heavy atom. The summed E-state index contributed by atoms with van der Waals surface area (Å²) in [6.07, 6.45) is 4.58. The molecule has 1 N–H and O–H groups in total. The van der Waals surface area contributed by atoms with Crippen LogP contribution in [0.2, 0.25) is 0 Å². The third-order valence-corrected chi connectivity index (χ3v) is 2.30. The smallest absolute Gasteiger partial charge is 0.286 e. The first-order valence-electron chi connectivity index (χ1n) is 3.91. The molecule has 1 aliphatic carbocycles. The summed E-state index contributed by atoms with van der Waals surface area (Å²) >= 11 is 0. The number of ether oxygens (including phenoxy) is 1. The zero-order chi connectivity index (χ0) is 8.32. The number of rotatable bonds is 1. The van der Waals surface area contributed by atoms with E-state index < -0.39 is 0 Å². The SMILES string of the molecule is CC1(OC#N)CCC(O)CC1. The number of hydrogen-bond acceptors (Lipinski definition) is 3. The maximum Gasteiger partial charge on any atom is 0.286 e. The summed E-state index contributed by atoms with van der Waals surface area (Å²) in [5.74, 6) is 0. The Kier molecular flexibility index (Phi) is 2.35. The molecule has 0 atom stereocenters. The number of nitrogens with zero attached hydrogens (tertiary/aromatic N) is 1. The molecule has 0 unspecified atom stereocenters. The van der Waals surface area contributed by atoms with Gasteiger partial charge in [0.1, 0.15) is 5.60 Å². The third-order valence-electron chi connectivity index (χ3n) is 2.30. The summed E-state index contributed by atoms with van der Waals surface area (Å²) < 4.78 is 4.91. The topological polar surface area (TPSA) is 53.2 Å². The van der Waals surface area contributed by atoms with Crippen LogP contribution in [-0.4, -0.2) is 16.8 Å². The largest absolute Gasteiger partial charge is 0.421 e. The summed E-state index contributed by atoms with van der Waals surface area (Å²) in [6, 6.07) is 0. The van der Waals surface area contributed by atoms with Gasteiger partial charge < -0.3 is 9.84 Å². The van der Waals surface area contributed by atoms with Crippen LogP contribution < -0.4 is 0 Å². The first-order valence-corrected chi connectivity index (χ1v) is 3.91. The minimum absolute atomic E-state index is 0.189. The molecule has 3 nitrogen and oxygen atoms in total. The maximum atomic E-state index is 9.17. The van der Waals surface area contributed by atoms with E-state index in [1.54, 1.807) is 6.26 Å². The van der Waals surface area contributed by atoms with Gasteiger partial charge >= 0.3 is 0 Å². The minimum Gasteiger partial charge on any atom is -0.421 e. The lowest BCUT2D eigenvalue weighted by molar-refractivity contribution is -0.0198. The lowest BCUT2D eigenvalue weighted by Crippen LogP contribution is -2.34. The number of nitriles is 1. The van der Waals surface area contributed by atoms with Gasteiger partial charge in [0.2, 0.25) is 0 Å². The Morgan fingerprint density at radius 3 is 2.55 bits per heavy atom. The molecule has 0 amide bonds. The Morgan fingerprint density at radius 2 is 2.09 bits per heavy atom. The average molecular weight is 155 g/mol. The average Bonchev–Trinajstić information content (AvgIpc) is 1.97. The molecule has 1 saturated carbocycles. The molecule has 0 aliphatic heterocycles. The van der Waals surface area contributed by atoms with Crippen LogP contribution in [0.15, 0.2) is 0 Å². The van der Waals surface area contributed by atoms with Crippen molar-refractivity contribution >= 4 is 0 Å². The van der Waals surface area contributed by atoms with Gasteiger partial charge in [-0.15, -0.1) is 0 Å². The van der Waals surface area contributed by atoms with E-state index in [0.717, 1.165) is 25.7 Å². The highest BCUT2D eigenvalue weighted by atomic mass is 16.5. The van der Waals surface area contributed by atoms with Crippen molar-refractivity contribution in [1.82, 2.24) is 0 Å². The Hall–Kier alpha value is -0.750. The van der Waals surface area contributed by atoms with Gasteiger partial charge in [0.15, 0.2) is 0 Å². The number of aliphatic hydroxyl groups is 1. The highest BCUT2D eigenvalue weighted by Gasteiger charge is 2.31. The summed E-state index contributed by atoms with van der Waals surface area (Å²) in [5, 5.41) is 17.5. The molecule has 11 heavy (non-hydrogen) atoms. The number of hydrogen-bond donors (Lipinski definition) is 1. The van der Waals surface area contributed by atoms with Gasteiger partial charge in [0, 0.05) is 0 Å². The summed E-state index contributed by atoms with van der Waals surface area (Å²) in [6.45, 7) is 1.92. The molecule has 62 valence electrons. The van der Waals surface area contributed by atoms with Crippen LogP contribution in [0.3, 0.4) is 0 Å². The van der Waals surface area contributed by atoms with Crippen molar-refractivity contribution < 1.29 is 9.84 Å². The molecule has 1 rings (SSSR count). The molecule has 1 aliphatic rings. The molecule has 0 saturated heterocycles. The first kappa shape index (κ1) is 8.35. The molecule has 0 bridgehead atoms. The van der Waals surface area contributed by atoms with Gasteiger partial charge in [-0.25, -0.2) is 0 Å². The Labute approximate surface area is 66.6 Å². The summed E-state index contributed by atoms with van der Waals surface area (Å²) in [5.41, 5.74) is -0.312. The van der Waals surface area contributed by atoms with Crippen molar-refractivity contribution in [3.8, 4) is 6.26 Å². The molecule has 0 heterocycles. The zero-order valence-corrected chi connectivity index (χ0v) is 6.71. The molecular formula is C8H13NO2. The predicted octanol–water partition coefficient (Wildman–Crippen LogP) is 1.18. The lowest BCUT2D eigenvalue weighted by Gasteiger charge is -2.32. The zero-order valence-electron chi connectivity index (χ0n) is 6.71. The molecular weight excluding hydrogens is 142 g/mol. The van der Waals surface area contributed by atoms with E-state index in [2.05, 4.69) is 0 Å². The van der Waals surface area contributed by atoms with Crippen LogP contribution in [0.5, 0.6) is 0 Å². The highest BCUT2D eigenvalue weighted by Crippen LogP contribution is 2.30. The van der Waals surface area contributed by atoms with E-state index in [4.69, 9.17) is 10.00 Å². The summed E-state index contributed by atoms with van der Waals surface area (Å²) in [7, 11) is 0. The normalized spacial score (nSPS) is 37.7. The number of aliphatic hydroxyl groups excluding tert-OH is 1. The van der Waals surface area contributed by atoms with Crippen molar-refractivity contribution in [2.24, 2.45) is 0 Å². The van der Waals surface area contributed by atoms with E-state index >= 15 is 0 Å². The fraction of sp³-hybridized carbons (Fsp3) is 0.875. The van der Waals surface area contributed by atoms with Gasteiger partial charge in [-0.2, -0.15) is 5.26 Å². The predicted molar refractivity (Wildman–Crippen MR) is 39.6 cm³/mol. The van der Waals surface area contributed by atoms with Gasteiger partial charge in [-0.05, 0) is 32.6 Å². The van der Waals surface area contributed by atoms with Crippen LogP contribution in [0.1, 0.15) is 32.6 Å². The van der Waals surface area contributed by atoms with Crippen molar-refractivity contribution in [2.75, 3.05) is 0 Å². The van der Waals surface area contributed by atoms with E-state index in [9.17, 15) is 5.11 Å². The molecule has 0 spiro atoms. The standard InChI is InChI=1S/C8H13NO2/c1-8(11-6-9)4-2-7(10)3-5-8/h7,10H,2-5H2,1H3. The van der Waals surface area contributed by atoms with Gasteiger partial charge in [-0.3, -0.25) is 0 Å². The molecule has 3 heteroatoms. The van der Waals surface area contributed by atoms with Crippen molar-refractivity contribution in [1.29, 1.82) is 5.26 Å². The summed E-state index contributed by atoms with van der Waals surface area (Å²) in [4.78, 5) is 0. The second-order valence-corrected chi connectivity index (χ2v) is 3.37. The molecule has 0 aromatic heterocycles. The van der Waals surface area contributed by atoms with Crippen molar-refractivity contribution in [2.45, 2.75) is 44.3 Å². The maximum absolute atomic E-state index is 9.17. The highest BCUT2D eigenvalue weighted by molar-refractivity contribution is 4.85. The van der Waals surface area contributed by atoms with Crippen LogP contribution in [-0.2, 0) is 4.74 Å². The van der Waals surface area contributed by atoms with Crippen LogP contribution in [0.4, 0.5) is 0 Å². The van der Waals surface area contributed by atoms with Crippen LogP contribution >= 0.6 is 0 Å². The molecule has 0 aromatic rings. The fourth-order valence-corrected chi connectivity index (χ4v) is 1.43. The Bertz CT molecular complexity index is 165. The van der Waals surface area contributed by atoms with Crippen LogP contribution in [0.25, 0.3) is 0 Å². The Balaban J connectivity index is 2.43. The monoisotopic (exact) mass is 155 g/mol. The van der Waals surface area contributed by atoms with E-state index in [1.807, 2.05) is 6.92 Å². The quantitative estimate of drug-likeness (QED) is 0.578. The van der Waals surface area contributed by atoms with Gasteiger partial charge in [-0.1, -0.05) is 0 Å². The van der Waals surface area contributed by atoms with Crippen LogP contribution in [0, 0.1) is 11.5 Å². The first-order chi connectivity index (χ1) is 5.16. The third kappa shape index (κ3) is 2.09. The molecule has 0 aromatic carbocycles. The molecule has 1 fully saturated rings.